The van der Waals surface area contributed by atoms with Gasteiger partial charge < -0.3 is 5.32 Å². The fourth-order valence-corrected chi connectivity index (χ4v) is 4.96. The fourth-order valence-electron chi connectivity index (χ4n) is 3.76. The molecule has 18 heavy (non-hydrogen) atoms. The summed E-state index contributed by atoms with van der Waals surface area (Å²) >= 11 is 7.87. The Hall–Kier alpha value is -0.0500. The highest BCUT2D eigenvalue weighted by atomic mass is 35.5. The first-order valence-corrected chi connectivity index (χ1v) is 8.49. The molecule has 0 spiro atoms. The van der Waals surface area contributed by atoms with Gasteiger partial charge in [0, 0.05) is 10.9 Å². The second-order valence-electron chi connectivity index (χ2n) is 5.76. The van der Waals surface area contributed by atoms with E-state index in [9.17, 15) is 0 Å². The van der Waals surface area contributed by atoms with Crippen molar-refractivity contribution < 1.29 is 0 Å². The van der Waals surface area contributed by atoms with Crippen LogP contribution in [0.2, 0.25) is 4.34 Å². The van der Waals surface area contributed by atoms with Crippen molar-refractivity contribution >= 4 is 22.9 Å². The number of nitrogens with one attached hydrogen (secondary N) is 1. The van der Waals surface area contributed by atoms with Gasteiger partial charge in [-0.1, -0.05) is 31.4 Å². The number of hydrogen-bond acceptors (Lipinski definition) is 2. The minimum atomic E-state index is 0.565. The van der Waals surface area contributed by atoms with Gasteiger partial charge in [-0.3, -0.25) is 0 Å². The van der Waals surface area contributed by atoms with Crippen LogP contribution >= 0.6 is 22.9 Å². The van der Waals surface area contributed by atoms with Gasteiger partial charge in [0.25, 0.3) is 0 Å². The minimum Gasteiger partial charge on any atom is -0.309 e. The summed E-state index contributed by atoms with van der Waals surface area (Å²) in [6.07, 6.45) is 7.02. The van der Waals surface area contributed by atoms with E-state index in [-0.39, 0.29) is 0 Å². The molecule has 3 unspecified atom stereocenters. The second kappa shape index (κ2) is 5.52. The van der Waals surface area contributed by atoms with Gasteiger partial charge in [-0.2, -0.15) is 0 Å². The lowest BCUT2D eigenvalue weighted by Crippen LogP contribution is -2.24. The summed E-state index contributed by atoms with van der Waals surface area (Å²) < 4.78 is 0.928. The van der Waals surface area contributed by atoms with Crippen molar-refractivity contribution in [3.05, 3.63) is 21.3 Å². The Morgan fingerprint density at radius 3 is 2.61 bits per heavy atom. The van der Waals surface area contributed by atoms with E-state index in [1.165, 1.54) is 37.0 Å². The predicted molar refractivity (Wildman–Crippen MR) is 79.3 cm³/mol. The number of rotatable bonds is 5. The molecule has 3 heteroatoms. The van der Waals surface area contributed by atoms with E-state index < -0.39 is 0 Å². The zero-order valence-electron chi connectivity index (χ0n) is 11.0. The SMILES string of the molecule is CCCNC(c1ccc(Cl)s1)C1C2CCCCC21. The molecule has 1 aromatic rings. The van der Waals surface area contributed by atoms with Crippen molar-refractivity contribution in [2.45, 2.75) is 45.1 Å². The molecule has 100 valence electrons. The summed E-state index contributed by atoms with van der Waals surface area (Å²) in [5.41, 5.74) is 0. The summed E-state index contributed by atoms with van der Waals surface area (Å²) in [5, 5.41) is 3.77. The molecule has 1 aromatic heterocycles. The van der Waals surface area contributed by atoms with Crippen molar-refractivity contribution in [2.75, 3.05) is 6.54 Å². The Morgan fingerprint density at radius 1 is 1.33 bits per heavy atom. The largest absolute Gasteiger partial charge is 0.309 e. The van der Waals surface area contributed by atoms with Crippen molar-refractivity contribution in [3.63, 3.8) is 0 Å². The van der Waals surface area contributed by atoms with E-state index in [1.807, 2.05) is 6.07 Å². The summed E-state index contributed by atoms with van der Waals surface area (Å²) in [7, 11) is 0. The molecule has 0 amide bonds. The Balaban J connectivity index is 1.74. The average molecular weight is 284 g/mol. The maximum atomic E-state index is 6.11. The van der Waals surface area contributed by atoms with Crippen LogP contribution in [-0.2, 0) is 0 Å². The minimum absolute atomic E-state index is 0.565. The van der Waals surface area contributed by atoms with Crippen molar-refractivity contribution in [1.82, 2.24) is 5.32 Å². The molecule has 2 fully saturated rings. The zero-order chi connectivity index (χ0) is 12.5. The monoisotopic (exact) mass is 283 g/mol. The van der Waals surface area contributed by atoms with Crippen LogP contribution in [0.5, 0.6) is 0 Å². The summed E-state index contributed by atoms with van der Waals surface area (Å²) in [5.74, 6) is 2.87. The molecular formula is C15H22ClNS. The van der Waals surface area contributed by atoms with Gasteiger partial charge in [0.2, 0.25) is 0 Å². The van der Waals surface area contributed by atoms with Crippen molar-refractivity contribution in [3.8, 4) is 0 Å². The first-order chi connectivity index (χ1) is 8.81. The maximum Gasteiger partial charge on any atom is 0.0931 e. The van der Waals surface area contributed by atoms with Crippen LogP contribution in [0.3, 0.4) is 0 Å². The molecule has 1 heterocycles. The van der Waals surface area contributed by atoms with Crippen LogP contribution in [0, 0.1) is 17.8 Å². The molecule has 3 rings (SSSR count). The smallest absolute Gasteiger partial charge is 0.0931 e. The molecule has 2 aliphatic carbocycles. The number of hydrogen-bond donors (Lipinski definition) is 1. The van der Waals surface area contributed by atoms with Crippen molar-refractivity contribution in [1.29, 1.82) is 0 Å². The number of thiophene rings is 1. The van der Waals surface area contributed by atoms with Crippen LogP contribution < -0.4 is 5.32 Å². The van der Waals surface area contributed by atoms with Gasteiger partial charge in [-0.15, -0.1) is 11.3 Å². The molecule has 0 radical (unpaired) electrons. The summed E-state index contributed by atoms with van der Waals surface area (Å²) in [4.78, 5) is 1.45. The summed E-state index contributed by atoms with van der Waals surface area (Å²) in [6.45, 7) is 3.36. The number of fused-ring (bicyclic) bond motifs is 1. The highest BCUT2D eigenvalue weighted by Crippen LogP contribution is 2.60. The zero-order valence-corrected chi connectivity index (χ0v) is 12.6. The first kappa shape index (κ1) is 13.0. The molecule has 3 atom stereocenters. The Bertz CT molecular complexity index is 391. The highest BCUT2D eigenvalue weighted by Gasteiger charge is 2.54. The number of halogens is 1. The third-order valence-corrected chi connectivity index (χ3v) is 5.94. The fraction of sp³-hybridized carbons (Fsp3) is 0.733. The van der Waals surface area contributed by atoms with Gasteiger partial charge >= 0.3 is 0 Å². The Kier molecular flexibility index (Phi) is 3.97. The molecule has 2 saturated carbocycles. The lowest BCUT2D eigenvalue weighted by Gasteiger charge is -2.17. The lowest BCUT2D eigenvalue weighted by atomic mass is 10.0. The predicted octanol–water partition coefficient (Wildman–Crippen LogP) is 4.88. The molecule has 0 aromatic carbocycles. The van der Waals surface area contributed by atoms with E-state index >= 15 is 0 Å². The van der Waals surface area contributed by atoms with Gasteiger partial charge in [0.15, 0.2) is 0 Å². The van der Waals surface area contributed by atoms with Gasteiger partial charge in [-0.25, -0.2) is 0 Å². The first-order valence-electron chi connectivity index (χ1n) is 7.30. The van der Waals surface area contributed by atoms with Crippen LogP contribution in [0.25, 0.3) is 0 Å². The topological polar surface area (TPSA) is 12.0 Å². The third kappa shape index (κ3) is 2.48. The Labute approximate surface area is 119 Å². The van der Waals surface area contributed by atoms with E-state index in [0.717, 1.165) is 28.6 Å². The van der Waals surface area contributed by atoms with E-state index in [4.69, 9.17) is 11.6 Å². The third-order valence-electron chi connectivity index (χ3n) is 4.62. The van der Waals surface area contributed by atoms with Gasteiger partial charge in [-0.05, 0) is 55.7 Å². The molecule has 0 bridgehead atoms. The molecular weight excluding hydrogens is 262 g/mol. The van der Waals surface area contributed by atoms with Gasteiger partial charge in [0.1, 0.15) is 0 Å². The van der Waals surface area contributed by atoms with E-state index in [1.54, 1.807) is 11.3 Å². The molecule has 0 aliphatic heterocycles. The standard InChI is InChI=1S/C15H22ClNS/c1-2-9-17-15(12-7-8-13(16)18-12)14-10-5-3-4-6-11(10)14/h7-8,10-11,14-15,17H,2-6,9H2,1H3. The molecule has 0 saturated heterocycles. The van der Waals surface area contributed by atoms with E-state index in [0.29, 0.717) is 6.04 Å². The van der Waals surface area contributed by atoms with Crippen molar-refractivity contribution in [2.24, 2.45) is 17.8 Å². The average Bonchev–Trinajstić information content (AvgIpc) is 2.95. The van der Waals surface area contributed by atoms with Crippen LogP contribution in [-0.4, -0.2) is 6.54 Å². The van der Waals surface area contributed by atoms with Crippen LogP contribution in [0.15, 0.2) is 12.1 Å². The highest BCUT2D eigenvalue weighted by molar-refractivity contribution is 7.16. The second-order valence-corrected chi connectivity index (χ2v) is 7.51. The Morgan fingerprint density at radius 2 is 2.06 bits per heavy atom. The normalized spacial score (nSPS) is 32.0. The van der Waals surface area contributed by atoms with Gasteiger partial charge in [0.05, 0.1) is 4.34 Å². The van der Waals surface area contributed by atoms with E-state index in [2.05, 4.69) is 18.3 Å². The maximum absolute atomic E-state index is 6.11. The molecule has 1 nitrogen and oxygen atoms in total. The molecule has 1 N–H and O–H groups in total. The lowest BCUT2D eigenvalue weighted by molar-refractivity contribution is 0.452. The van der Waals surface area contributed by atoms with Crippen LogP contribution in [0.1, 0.15) is 49.9 Å². The van der Waals surface area contributed by atoms with Crippen LogP contribution in [0.4, 0.5) is 0 Å². The molecule has 2 aliphatic rings. The quantitative estimate of drug-likeness (QED) is 0.812. The summed E-state index contributed by atoms with van der Waals surface area (Å²) in [6, 6.07) is 4.84.